The van der Waals surface area contributed by atoms with E-state index in [2.05, 4.69) is 10.4 Å². The van der Waals surface area contributed by atoms with Gasteiger partial charge in [-0.2, -0.15) is 10.5 Å². The summed E-state index contributed by atoms with van der Waals surface area (Å²) in [4.78, 5) is 15.3. The molecule has 0 N–H and O–H groups in total. The molecule has 0 saturated carbocycles. The van der Waals surface area contributed by atoms with Gasteiger partial charge in [0.25, 0.3) is 0 Å². The highest BCUT2D eigenvalue weighted by molar-refractivity contribution is 8.15. The SMILES string of the molecule is O=C1CCS(=Cc2ccccn2)CC1. The van der Waals surface area contributed by atoms with Crippen LogP contribution >= 0.6 is 10.5 Å². The summed E-state index contributed by atoms with van der Waals surface area (Å²) in [5.41, 5.74) is 1.05. The lowest BCUT2D eigenvalue weighted by Crippen LogP contribution is -2.10. The first-order chi connectivity index (χ1) is 6.84. The summed E-state index contributed by atoms with van der Waals surface area (Å²) < 4.78 is 0. The van der Waals surface area contributed by atoms with Crippen LogP contribution in [-0.4, -0.2) is 27.6 Å². The molecule has 14 heavy (non-hydrogen) atoms. The summed E-state index contributed by atoms with van der Waals surface area (Å²) in [6, 6.07) is 5.94. The number of carbonyl (C=O) groups excluding carboxylic acids is 1. The predicted octanol–water partition coefficient (Wildman–Crippen LogP) is 1.86. The fourth-order valence-electron chi connectivity index (χ4n) is 1.45. The number of Topliss-reactive ketones (excluding diaryl/α,β-unsaturated/α-hetero) is 1. The van der Waals surface area contributed by atoms with Crippen molar-refractivity contribution >= 4 is 21.6 Å². The molecule has 2 heterocycles. The van der Waals surface area contributed by atoms with E-state index in [1.54, 1.807) is 0 Å². The fourth-order valence-corrected chi connectivity index (χ4v) is 3.35. The Bertz CT molecular complexity index is 347. The van der Waals surface area contributed by atoms with Crippen molar-refractivity contribution in [3.05, 3.63) is 30.1 Å². The second-order valence-electron chi connectivity index (χ2n) is 3.36. The van der Waals surface area contributed by atoms with Crippen molar-refractivity contribution in [2.45, 2.75) is 12.8 Å². The highest BCUT2D eigenvalue weighted by Gasteiger charge is 2.11. The molecule has 1 aliphatic rings. The number of ketones is 1. The Morgan fingerprint density at radius 1 is 1.29 bits per heavy atom. The Hall–Kier alpha value is -0.960. The molecule has 3 heteroatoms. The molecule has 2 nitrogen and oxygen atoms in total. The second-order valence-corrected chi connectivity index (χ2v) is 5.48. The van der Waals surface area contributed by atoms with Crippen molar-refractivity contribution < 1.29 is 4.79 Å². The minimum Gasteiger partial charge on any atom is -0.300 e. The van der Waals surface area contributed by atoms with Crippen LogP contribution in [0, 0.1) is 0 Å². The summed E-state index contributed by atoms with van der Waals surface area (Å²) in [5, 5.41) is 2.21. The van der Waals surface area contributed by atoms with E-state index in [1.807, 2.05) is 24.4 Å². The summed E-state index contributed by atoms with van der Waals surface area (Å²) in [7, 11) is 0.275. The normalized spacial score (nSPS) is 18.1. The molecule has 0 radical (unpaired) electrons. The van der Waals surface area contributed by atoms with E-state index in [-0.39, 0.29) is 10.5 Å². The number of hydrogen-bond donors (Lipinski definition) is 0. The number of hydrogen-bond acceptors (Lipinski definition) is 2. The summed E-state index contributed by atoms with van der Waals surface area (Å²) in [6.45, 7) is 0. The zero-order valence-corrected chi connectivity index (χ0v) is 8.80. The predicted molar refractivity (Wildman–Crippen MR) is 61.0 cm³/mol. The molecule has 0 atom stereocenters. The van der Waals surface area contributed by atoms with Crippen LogP contribution in [-0.2, 0) is 4.79 Å². The van der Waals surface area contributed by atoms with Gasteiger partial charge < -0.3 is 0 Å². The third-order valence-corrected chi connectivity index (χ3v) is 4.29. The third kappa shape index (κ3) is 2.51. The van der Waals surface area contributed by atoms with Crippen LogP contribution < -0.4 is 0 Å². The monoisotopic (exact) mass is 207 g/mol. The lowest BCUT2D eigenvalue weighted by Gasteiger charge is -2.13. The molecule has 0 unspecified atom stereocenters. The number of nitrogens with zero attached hydrogens (tertiary/aromatic N) is 1. The van der Waals surface area contributed by atoms with Gasteiger partial charge in [-0.3, -0.25) is 9.78 Å². The highest BCUT2D eigenvalue weighted by Crippen LogP contribution is 2.22. The van der Waals surface area contributed by atoms with E-state index in [0.717, 1.165) is 30.0 Å². The van der Waals surface area contributed by atoms with Crippen molar-refractivity contribution in [3.63, 3.8) is 0 Å². The van der Waals surface area contributed by atoms with E-state index in [4.69, 9.17) is 0 Å². The molecule has 0 aromatic carbocycles. The molecule has 0 aliphatic carbocycles. The molecule has 1 aliphatic heterocycles. The highest BCUT2D eigenvalue weighted by atomic mass is 32.2. The minimum atomic E-state index is 0.275. The van der Waals surface area contributed by atoms with Crippen molar-refractivity contribution in [1.29, 1.82) is 0 Å². The maximum atomic E-state index is 11.0. The van der Waals surface area contributed by atoms with Gasteiger partial charge in [0, 0.05) is 19.0 Å². The van der Waals surface area contributed by atoms with Crippen molar-refractivity contribution in [3.8, 4) is 0 Å². The van der Waals surface area contributed by atoms with Gasteiger partial charge in [0.2, 0.25) is 0 Å². The van der Waals surface area contributed by atoms with E-state index in [9.17, 15) is 4.79 Å². The zero-order valence-electron chi connectivity index (χ0n) is 7.98. The van der Waals surface area contributed by atoms with Crippen molar-refractivity contribution in [1.82, 2.24) is 4.98 Å². The first-order valence-electron chi connectivity index (χ1n) is 4.78. The molecule has 0 spiro atoms. The maximum Gasteiger partial charge on any atom is 0.134 e. The number of rotatable bonds is 1. The summed E-state index contributed by atoms with van der Waals surface area (Å²) in [5.74, 6) is 2.47. The maximum absolute atomic E-state index is 11.0. The van der Waals surface area contributed by atoms with Gasteiger partial charge in [-0.05, 0) is 29.0 Å². The molecule has 1 aromatic rings. The Kier molecular flexibility index (Phi) is 3.09. The first-order valence-corrected chi connectivity index (χ1v) is 6.41. The van der Waals surface area contributed by atoms with Crippen molar-refractivity contribution in [2.75, 3.05) is 11.5 Å². The smallest absolute Gasteiger partial charge is 0.134 e. The standard InChI is InChI=1S/C11H13NOS/c13-11-4-7-14(8-5-11)9-10-3-1-2-6-12-10/h1-3,6,9H,4-5,7-8H2. The molecule has 1 saturated heterocycles. The summed E-state index contributed by atoms with van der Waals surface area (Å²) >= 11 is 0. The van der Waals surface area contributed by atoms with E-state index >= 15 is 0 Å². The molecule has 1 fully saturated rings. The largest absolute Gasteiger partial charge is 0.300 e. The van der Waals surface area contributed by atoms with Crippen LogP contribution in [0.1, 0.15) is 18.5 Å². The molecule has 0 amide bonds. The molecular weight excluding hydrogens is 194 g/mol. The fraction of sp³-hybridized carbons (Fsp3) is 0.364. The average molecular weight is 207 g/mol. The van der Waals surface area contributed by atoms with Gasteiger partial charge in [-0.25, -0.2) is 0 Å². The first kappa shape index (κ1) is 9.59. The molecular formula is C11H13NOS. The molecule has 1 aromatic heterocycles. The lowest BCUT2D eigenvalue weighted by atomic mass is 10.2. The van der Waals surface area contributed by atoms with Crippen LogP contribution in [0.5, 0.6) is 0 Å². The van der Waals surface area contributed by atoms with Gasteiger partial charge in [0.1, 0.15) is 5.78 Å². The number of carbonyl (C=O) groups is 1. The molecule has 2 rings (SSSR count). The van der Waals surface area contributed by atoms with E-state index in [0.29, 0.717) is 5.78 Å². The van der Waals surface area contributed by atoms with E-state index < -0.39 is 0 Å². The number of aromatic nitrogens is 1. The average Bonchev–Trinajstić information content (AvgIpc) is 2.23. The lowest BCUT2D eigenvalue weighted by molar-refractivity contribution is -0.118. The van der Waals surface area contributed by atoms with Gasteiger partial charge in [0.05, 0.1) is 5.69 Å². The second kappa shape index (κ2) is 4.51. The third-order valence-electron chi connectivity index (χ3n) is 2.26. The minimum absolute atomic E-state index is 0.275. The Labute approximate surface area is 86.3 Å². The van der Waals surface area contributed by atoms with Crippen LogP contribution in [0.4, 0.5) is 0 Å². The Morgan fingerprint density at radius 3 is 2.71 bits per heavy atom. The van der Waals surface area contributed by atoms with Crippen LogP contribution in [0.25, 0.3) is 0 Å². The Morgan fingerprint density at radius 2 is 2.07 bits per heavy atom. The van der Waals surface area contributed by atoms with Crippen LogP contribution in [0.2, 0.25) is 0 Å². The summed E-state index contributed by atoms with van der Waals surface area (Å²) in [6.07, 6.45) is 3.32. The van der Waals surface area contributed by atoms with Gasteiger partial charge in [-0.1, -0.05) is 6.07 Å². The topological polar surface area (TPSA) is 30.0 Å². The van der Waals surface area contributed by atoms with Gasteiger partial charge in [-0.15, -0.1) is 0 Å². The van der Waals surface area contributed by atoms with Crippen LogP contribution in [0.15, 0.2) is 24.4 Å². The molecule has 0 bridgehead atoms. The van der Waals surface area contributed by atoms with Gasteiger partial charge >= 0.3 is 0 Å². The van der Waals surface area contributed by atoms with Gasteiger partial charge in [0.15, 0.2) is 0 Å². The zero-order chi connectivity index (χ0) is 9.80. The van der Waals surface area contributed by atoms with Crippen LogP contribution in [0.3, 0.4) is 0 Å². The van der Waals surface area contributed by atoms with E-state index in [1.165, 1.54) is 0 Å². The quantitative estimate of drug-likeness (QED) is 0.658. The van der Waals surface area contributed by atoms with Crippen molar-refractivity contribution in [2.24, 2.45) is 0 Å². The molecule has 74 valence electrons. The Balaban J connectivity index is 2.08. The number of pyridine rings is 1.